The Morgan fingerprint density at radius 3 is 2.62 bits per heavy atom. The minimum absolute atomic E-state index is 0.105. The predicted molar refractivity (Wildman–Crippen MR) is 77.4 cm³/mol. The Hall–Kier alpha value is -0.160. The summed E-state index contributed by atoms with van der Waals surface area (Å²) >= 11 is 0. The molecule has 0 amide bonds. The summed E-state index contributed by atoms with van der Waals surface area (Å²) in [6.07, 6.45) is 5.67. The third-order valence-electron chi connectivity index (χ3n) is 6.87. The van der Waals surface area contributed by atoms with Gasteiger partial charge in [0.05, 0.1) is 6.10 Å². The number of ether oxygens (including phenoxy) is 2. The van der Waals surface area contributed by atoms with E-state index in [1.54, 1.807) is 7.11 Å². The second-order valence-corrected chi connectivity index (χ2v) is 8.07. The smallest absolute Gasteiger partial charge is 0.160 e. The molecule has 2 bridgehead atoms. The molecule has 120 valence electrons. The van der Waals surface area contributed by atoms with Gasteiger partial charge >= 0.3 is 0 Å². The largest absolute Gasteiger partial charge is 0.356 e. The van der Waals surface area contributed by atoms with E-state index in [0.717, 1.165) is 12.8 Å². The van der Waals surface area contributed by atoms with Gasteiger partial charge in [0.1, 0.15) is 11.2 Å². The first kappa shape index (κ1) is 14.4. The van der Waals surface area contributed by atoms with E-state index in [1.165, 1.54) is 19.3 Å². The lowest BCUT2D eigenvalue weighted by Gasteiger charge is -2.60. The van der Waals surface area contributed by atoms with Gasteiger partial charge in [0.2, 0.25) is 0 Å². The molecule has 0 aromatic heterocycles. The zero-order valence-corrected chi connectivity index (χ0v) is 13.6. The molecule has 0 radical (unpaired) electrons. The van der Waals surface area contributed by atoms with Gasteiger partial charge in [-0.05, 0) is 44.4 Å². The normalized spacial score (nSPS) is 59.4. The fourth-order valence-corrected chi connectivity index (χ4v) is 5.69. The highest BCUT2D eigenvalue weighted by Gasteiger charge is 2.68. The van der Waals surface area contributed by atoms with Crippen LogP contribution in [-0.4, -0.2) is 30.7 Å². The zero-order chi connectivity index (χ0) is 14.8. The highest BCUT2D eigenvalue weighted by atomic mass is 17.2. The average Bonchev–Trinajstić information content (AvgIpc) is 2.69. The van der Waals surface area contributed by atoms with E-state index in [2.05, 4.69) is 20.8 Å². The van der Waals surface area contributed by atoms with Gasteiger partial charge in [-0.15, -0.1) is 0 Å². The Kier molecular flexibility index (Phi) is 3.21. The number of methoxy groups -OCH3 is 1. The van der Waals surface area contributed by atoms with Crippen LogP contribution in [0.25, 0.3) is 0 Å². The standard InChI is InChI=1S/C17H28O4/c1-10-5-6-13-11(2)15(18-4)19-14-9-16(3)8-7-12(10)17(13,14)21-20-16/h10-15H,5-9H2,1-4H3/t10-,11-,12+,13+,14-,15+,16+,17-/m1/s1. The molecule has 21 heavy (non-hydrogen) atoms. The lowest BCUT2D eigenvalue weighted by molar-refractivity contribution is -0.495. The summed E-state index contributed by atoms with van der Waals surface area (Å²) in [6.45, 7) is 6.79. The summed E-state index contributed by atoms with van der Waals surface area (Å²) in [6, 6.07) is 0. The van der Waals surface area contributed by atoms with E-state index < -0.39 is 0 Å². The molecule has 3 aliphatic heterocycles. The van der Waals surface area contributed by atoms with Crippen molar-refractivity contribution in [3.63, 3.8) is 0 Å². The molecule has 2 aliphatic carbocycles. The lowest BCUT2D eigenvalue weighted by Crippen LogP contribution is -2.69. The SMILES string of the molecule is CO[C@H]1O[C@@H]2C[C@]3(C)CC[C@H]4[C@H](C)CC[C@@H]([C@H]1C)[C@@]24OO3. The molecular formula is C17H28O4. The van der Waals surface area contributed by atoms with Crippen LogP contribution in [0.1, 0.15) is 52.9 Å². The first-order valence-corrected chi connectivity index (χ1v) is 8.55. The molecule has 4 nitrogen and oxygen atoms in total. The monoisotopic (exact) mass is 296 g/mol. The van der Waals surface area contributed by atoms with Crippen LogP contribution in [0.2, 0.25) is 0 Å². The Balaban J connectivity index is 1.79. The number of hydrogen-bond acceptors (Lipinski definition) is 4. The summed E-state index contributed by atoms with van der Waals surface area (Å²) in [5.41, 5.74) is -0.446. The van der Waals surface area contributed by atoms with Crippen molar-refractivity contribution >= 4 is 0 Å². The predicted octanol–water partition coefficient (Wildman–Crippen LogP) is 3.30. The third kappa shape index (κ3) is 1.82. The van der Waals surface area contributed by atoms with Crippen molar-refractivity contribution in [1.29, 1.82) is 0 Å². The van der Waals surface area contributed by atoms with Crippen molar-refractivity contribution in [2.75, 3.05) is 7.11 Å². The Morgan fingerprint density at radius 2 is 1.86 bits per heavy atom. The van der Waals surface area contributed by atoms with Crippen LogP contribution in [0, 0.1) is 23.7 Å². The van der Waals surface area contributed by atoms with Crippen LogP contribution in [0.5, 0.6) is 0 Å². The molecule has 8 atom stereocenters. The Labute approximate surface area is 127 Å². The topological polar surface area (TPSA) is 36.9 Å². The van der Waals surface area contributed by atoms with Gasteiger partial charge in [0.25, 0.3) is 0 Å². The maximum absolute atomic E-state index is 6.38. The second kappa shape index (κ2) is 4.67. The van der Waals surface area contributed by atoms with Crippen LogP contribution in [0.15, 0.2) is 0 Å². The summed E-state index contributed by atoms with van der Waals surface area (Å²) in [4.78, 5) is 12.1. The van der Waals surface area contributed by atoms with Crippen molar-refractivity contribution in [2.45, 2.75) is 76.5 Å². The van der Waals surface area contributed by atoms with Gasteiger partial charge in [-0.3, -0.25) is 0 Å². The number of fused-ring (bicyclic) bond motifs is 2. The first-order valence-electron chi connectivity index (χ1n) is 8.55. The van der Waals surface area contributed by atoms with Gasteiger partial charge in [-0.1, -0.05) is 13.8 Å². The van der Waals surface area contributed by atoms with E-state index >= 15 is 0 Å². The highest BCUT2D eigenvalue weighted by Crippen LogP contribution is 2.61. The van der Waals surface area contributed by atoms with Crippen molar-refractivity contribution in [3.8, 4) is 0 Å². The molecular weight excluding hydrogens is 268 g/mol. The van der Waals surface area contributed by atoms with Crippen molar-refractivity contribution in [2.24, 2.45) is 23.7 Å². The summed E-state index contributed by atoms with van der Waals surface area (Å²) in [7, 11) is 1.76. The minimum Gasteiger partial charge on any atom is -0.356 e. The number of rotatable bonds is 1. The molecule has 1 spiro atoms. The van der Waals surface area contributed by atoms with Crippen molar-refractivity contribution < 1.29 is 19.2 Å². The quantitative estimate of drug-likeness (QED) is 0.696. The molecule has 0 aromatic carbocycles. The fraction of sp³-hybridized carbons (Fsp3) is 1.00. The van der Waals surface area contributed by atoms with Crippen LogP contribution in [-0.2, 0) is 19.2 Å². The van der Waals surface area contributed by atoms with Crippen LogP contribution in [0.3, 0.4) is 0 Å². The molecule has 5 fully saturated rings. The zero-order valence-electron chi connectivity index (χ0n) is 13.6. The first-order chi connectivity index (χ1) is 10.00. The van der Waals surface area contributed by atoms with E-state index in [9.17, 15) is 0 Å². The molecule has 0 N–H and O–H groups in total. The molecule has 0 aromatic rings. The molecule has 4 heteroatoms. The molecule has 3 heterocycles. The van der Waals surface area contributed by atoms with Gasteiger partial charge < -0.3 is 9.47 Å². The minimum atomic E-state index is -0.248. The Morgan fingerprint density at radius 1 is 1.05 bits per heavy atom. The van der Waals surface area contributed by atoms with Gasteiger partial charge in [-0.2, -0.15) is 0 Å². The lowest BCUT2D eigenvalue weighted by atomic mass is 9.56. The Bertz CT molecular complexity index is 427. The highest BCUT2D eigenvalue weighted by molar-refractivity contribution is 5.13. The van der Waals surface area contributed by atoms with Crippen LogP contribution < -0.4 is 0 Å². The van der Waals surface area contributed by atoms with E-state index in [-0.39, 0.29) is 23.6 Å². The van der Waals surface area contributed by atoms with Crippen LogP contribution in [0.4, 0.5) is 0 Å². The molecule has 0 unspecified atom stereocenters. The van der Waals surface area contributed by atoms with E-state index in [1.807, 2.05) is 0 Å². The maximum Gasteiger partial charge on any atom is 0.160 e. The second-order valence-electron chi connectivity index (χ2n) is 8.07. The van der Waals surface area contributed by atoms with Crippen molar-refractivity contribution in [3.05, 3.63) is 0 Å². The molecule has 2 saturated carbocycles. The summed E-state index contributed by atoms with van der Waals surface area (Å²) in [5, 5.41) is 0. The van der Waals surface area contributed by atoms with E-state index in [4.69, 9.17) is 19.2 Å². The summed E-state index contributed by atoms with van der Waals surface area (Å²) < 4.78 is 12.0. The van der Waals surface area contributed by atoms with Crippen LogP contribution >= 0.6 is 0 Å². The maximum atomic E-state index is 6.38. The molecule has 5 rings (SSSR count). The van der Waals surface area contributed by atoms with Gasteiger partial charge in [-0.25, -0.2) is 9.78 Å². The average molecular weight is 296 g/mol. The van der Waals surface area contributed by atoms with E-state index in [0.29, 0.717) is 23.7 Å². The number of hydrogen-bond donors (Lipinski definition) is 0. The third-order valence-corrected chi connectivity index (χ3v) is 6.87. The molecule has 3 saturated heterocycles. The van der Waals surface area contributed by atoms with Crippen molar-refractivity contribution in [1.82, 2.24) is 0 Å². The molecule has 5 aliphatic rings. The summed E-state index contributed by atoms with van der Waals surface area (Å²) in [5.74, 6) is 2.06. The van der Waals surface area contributed by atoms with Gasteiger partial charge in [0.15, 0.2) is 6.29 Å². The fourth-order valence-electron chi connectivity index (χ4n) is 5.69. The van der Waals surface area contributed by atoms with Gasteiger partial charge in [0, 0.05) is 25.4 Å².